The number of rotatable bonds is 3. The fourth-order valence-corrected chi connectivity index (χ4v) is 4.13. The molecule has 3 aromatic heterocycles. The third-order valence-electron chi connectivity index (χ3n) is 4.77. The number of H-pyrrole nitrogens is 1. The van der Waals surface area contributed by atoms with E-state index in [2.05, 4.69) is 36.4 Å². The Hall–Kier alpha value is -2.52. The number of benzene rings is 1. The highest BCUT2D eigenvalue weighted by Crippen LogP contribution is 2.41. The Balaban J connectivity index is 1.58. The molecule has 1 aromatic carbocycles. The van der Waals surface area contributed by atoms with E-state index in [-0.39, 0.29) is 21.8 Å². The smallest absolute Gasteiger partial charge is 0.231 e. The fraction of sp³-hybridized carbons (Fsp3) is 0.167. The Labute approximate surface area is 170 Å². The number of aromatic amines is 1. The van der Waals surface area contributed by atoms with E-state index in [1.54, 1.807) is 35.1 Å². The van der Waals surface area contributed by atoms with Crippen LogP contribution in [0, 0.1) is 11.7 Å². The minimum absolute atomic E-state index is 0.0310. The molecule has 1 aliphatic carbocycles. The molecule has 28 heavy (non-hydrogen) atoms. The van der Waals surface area contributed by atoms with Gasteiger partial charge < -0.3 is 9.72 Å². The van der Waals surface area contributed by atoms with Gasteiger partial charge in [0.25, 0.3) is 0 Å². The van der Waals surface area contributed by atoms with Crippen LogP contribution in [0.2, 0.25) is 5.02 Å². The van der Waals surface area contributed by atoms with Gasteiger partial charge in [-0.15, -0.1) is 0 Å². The molecule has 0 aliphatic heterocycles. The number of carbonyl (C=O) groups excluding carboxylic acids is 1. The highest BCUT2D eigenvalue weighted by atomic mass is 79.9. The molecule has 5 rings (SSSR count). The number of imidazole rings is 1. The number of anilines is 1. The van der Waals surface area contributed by atoms with Gasteiger partial charge in [-0.1, -0.05) is 11.6 Å². The number of fused-ring (bicyclic) bond motifs is 2. The van der Waals surface area contributed by atoms with Gasteiger partial charge in [-0.05, 0) is 34.5 Å². The fourth-order valence-electron chi connectivity index (χ4n) is 3.21. The summed E-state index contributed by atoms with van der Waals surface area (Å²) in [6, 6.07) is 3.48. The lowest BCUT2D eigenvalue weighted by Gasteiger charge is -2.09. The van der Waals surface area contributed by atoms with Gasteiger partial charge in [0.05, 0.1) is 33.3 Å². The molecule has 3 heterocycles. The highest BCUT2D eigenvalue weighted by molar-refractivity contribution is 9.10. The van der Waals surface area contributed by atoms with Gasteiger partial charge in [-0.3, -0.25) is 9.89 Å². The van der Waals surface area contributed by atoms with Crippen LogP contribution in [0.5, 0.6) is 0 Å². The first-order valence-electron chi connectivity index (χ1n) is 8.37. The highest BCUT2D eigenvalue weighted by Gasteiger charge is 2.43. The van der Waals surface area contributed by atoms with Gasteiger partial charge in [-0.25, -0.2) is 13.8 Å². The Bertz CT molecular complexity index is 1270. The maximum absolute atomic E-state index is 14.5. The Morgan fingerprint density at radius 2 is 2.18 bits per heavy atom. The zero-order valence-electron chi connectivity index (χ0n) is 14.0. The van der Waals surface area contributed by atoms with Crippen molar-refractivity contribution in [3.05, 3.63) is 46.0 Å². The number of hydrogen-bond acceptors (Lipinski definition) is 3. The maximum atomic E-state index is 14.5. The van der Waals surface area contributed by atoms with Crippen LogP contribution >= 0.6 is 27.5 Å². The van der Waals surface area contributed by atoms with Gasteiger partial charge in [0.1, 0.15) is 11.8 Å². The van der Waals surface area contributed by atoms with Crippen molar-refractivity contribution in [3.8, 4) is 11.1 Å². The van der Waals surface area contributed by atoms with E-state index in [1.165, 1.54) is 0 Å². The molecular formula is C18H11BrClF2N5O. The molecule has 2 atom stereocenters. The van der Waals surface area contributed by atoms with Crippen LogP contribution in [-0.4, -0.2) is 31.7 Å². The number of pyridine rings is 1. The van der Waals surface area contributed by atoms with E-state index < -0.39 is 17.9 Å². The maximum Gasteiger partial charge on any atom is 0.231 e. The van der Waals surface area contributed by atoms with Crippen molar-refractivity contribution in [2.45, 2.75) is 12.6 Å². The number of nitrogens with zero attached hydrogens (tertiary/aromatic N) is 3. The van der Waals surface area contributed by atoms with Gasteiger partial charge in [0, 0.05) is 22.7 Å². The lowest BCUT2D eigenvalue weighted by Crippen LogP contribution is -2.15. The summed E-state index contributed by atoms with van der Waals surface area (Å²) in [6.07, 6.45) is 4.09. The summed E-state index contributed by atoms with van der Waals surface area (Å²) in [5.41, 5.74) is 2.21. The van der Waals surface area contributed by atoms with E-state index in [0.717, 1.165) is 0 Å². The van der Waals surface area contributed by atoms with Crippen molar-refractivity contribution >= 4 is 55.8 Å². The Morgan fingerprint density at radius 1 is 1.39 bits per heavy atom. The minimum Gasteiger partial charge on any atom is -0.309 e. The van der Waals surface area contributed by atoms with E-state index in [4.69, 9.17) is 11.6 Å². The molecule has 10 heteroatoms. The average molecular weight is 467 g/mol. The topological polar surface area (TPSA) is 75.1 Å². The van der Waals surface area contributed by atoms with Crippen LogP contribution in [0.15, 0.2) is 35.2 Å². The predicted octanol–water partition coefficient (Wildman–Crippen LogP) is 4.73. The molecule has 1 fully saturated rings. The van der Waals surface area contributed by atoms with E-state index >= 15 is 0 Å². The van der Waals surface area contributed by atoms with Crippen molar-refractivity contribution < 1.29 is 13.6 Å². The number of amides is 1. The van der Waals surface area contributed by atoms with Crippen molar-refractivity contribution in [2.24, 2.45) is 5.92 Å². The van der Waals surface area contributed by atoms with Crippen molar-refractivity contribution in [1.82, 2.24) is 19.6 Å². The zero-order chi connectivity index (χ0) is 19.6. The van der Waals surface area contributed by atoms with Gasteiger partial charge in [0.15, 0.2) is 11.6 Å². The number of nitrogens with one attached hydrogen (secondary N) is 2. The van der Waals surface area contributed by atoms with Gasteiger partial charge >= 0.3 is 0 Å². The third-order valence-corrected chi connectivity index (χ3v) is 5.87. The summed E-state index contributed by atoms with van der Waals surface area (Å²) >= 11 is 9.48. The van der Waals surface area contributed by atoms with Crippen molar-refractivity contribution in [1.29, 1.82) is 0 Å². The second-order valence-corrected chi connectivity index (χ2v) is 7.80. The summed E-state index contributed by atoms with van der Waals surface area (Å²) in [6.45, 7) is 0. The lowest BCUT2D eigenvalue weighted by atomic mass is 10.0. The standard InChI is InChI=1S/C18H11BrClF2N5O/c19-14-16(22)15(20)13(9-4-23-26-17(9)14)7-1-2-12-24-11(6-27(12)5-7)25-18(28)8-3-10(8)21/h1-2,4-6,8,10H,3H2,(H,23,26)(H,25,28). The van der Waals surface area contributed by atoms with Crippen LogP contribution in [0.4, 0.5) is 14.6 Å². The molecular weight excluding hydrogens is 456 g/mol. The molecule has 4 aromatic rings. The molecule has 0 bridgehead atoms. The first-order valence-corrected chi connectivity index (χ1v) is 9.54. The number of carbonyl (C=O) groups is 1. The molecule has 1 amide bonds. The average Bonchev–Trinajstić information content (AvgIpc) is 3.06. The molecule has 0 saturated heterocycles. The number of hydrogen-bond donors (Lipinski definition) is 2. The molecule has 0 spiro atoms. The molecule has 2 N–H and O–H groups in total. The quantitative estimate of drug-likeness (QED) is 0.429. The summed E-state index contributed by atoms with van der Waals surface area (Å²) in [5, 5.41) is 9.99. The first kappa shape index (κ1) is 17.6. The molecule has 1 saturated carbocycles. The zero-order valence-corrected chi connectivity index (χ0v) is 16.4. The number of aromatic nitrogens is 4. The largest absolute Gasteiger partial charge is 0.309 e. The lowest BCUT2D eigenvalue weighted by molar-refractivity contribution is -0.117. The van der Waals surface area contributed by atoms with Crippen LogP contribution in [0.1, 0.15) is 6.42 Å². The second-order valence-electron chi connectivity index (χ2n) is 6.63. The summed E-state index contributed by atoms with van der Waals surface area (Å²) in [5.74, 6) is -1.24. The minimum atomic E-state index is -1.07. The monoisotopic (exact) mass is 465 g/mol. The van der Waals surface area contributed by atoms with Crippen LogP contribution < -0.4 is 5.32 Å². The SMILES string of the molecule is O=C(Nc1cn2cc(-c3c(Cl)c(F)c(Br)c4[nH]ncc34)ccc2n1)C1CC1F. The van der Waals surface area contributed by atoms with Gasteiger partial charge in [0.2, 0.25) is 5.91 Å². The number of alkyl halides is 1. The molecule has 142 valence electrons. The van der Waals surface area contributed by atoms with Crippen molar-refractivity contribution in [3.63, 3.8) is 0 Å². The van der Waals surface area contributed by atoms with Crippen LogP contribution in [0.3, 0.4) is 0 Å². The van der Waals surface area contributed by atoms with Crippen molar-refractivity contribution in [2.75, 3.05) is 5.32 Å². The van der Waals surface area contributed by atoms with Gasteiger partial charge in [-0.2, -0.15) is 5.10 Å². The Kier molecular flexibility index (Phi) is 3.92. The summed E-state index contributed by atoms with van der Waals surface area (Å²) in [7, 11) is 0. The molecule has 1 aliphatic rings. The normalized spacial score (nSPS) is 18.7. The molecule has 2 unspecified atom stereocenters. The van der Waals surface area contributed by atoms with E-state index in [1.807, 2.05) is 0 Å². The Morgan fingerprint density at radius 3 is 2.93 bits per heavy atom. The number of halogens is 4. The predicted molar refractivity (Wildman–Crippen MR) is 105 cm³/mol. The summed E-state index contributed by atoms with van der Waals surface area (Å²) < 4.78 is 29.5. The van der Waals surface area contributed by atoms with E-state index in [0.29, 0.717) is 33.5 Å². The summed E-state index contributed by atoms with van der Waals surface area (Å²) in [4.78, 5) is 16.2. The third kappa shape index (κ3) is 2.68. The van der Waals surface area contributed by atoms with Crippen LogP contribution in [-0.2, 0) is 4.79 Å². The second kappa shape index (κ2) is 6.25. The molecule has 0 radical (unpaired) electrons. The first-order chi connectivity index (χ1) is 13.4. The van der Waals surface area contributed by atoms with Crippen LogP contribution in [0.25, 0.3) is 27.7 Å². The molecule has 6 nitrogen and oxygen atoms in total. The van der Waals surface area contributed by atoms with E-state index in [9.17, 15) is 13.6 Å².